The van der Waals surface area contributed by atoms with E-state index in [1.54, 1.807) is 18.2 Å². The molecule has 1 heterocycles. The fourth-order valence-corrected chi connectivity index (χ4v) is 1.04. The highest BCUT2D eigenvalue weighted by Crippen LogP contribution is 2.13. The average Bonchev–Trinajstić information content (AvgIpc) is 2.43. The first-order valence-corrected chi connectivity index (χ1v) is 3.52. The van der Waals surface area contributed by atoms with E-state index in [0.717, 1.165) is 5.56 Å². The molecule has 2 rings (SSSR count). The highest BCUT2D eigenvalue weighted by atomic mass is 16.6. The van der Waals surface area contributed by atoms with E-state index in [1.807, 2.05) is 0 Å². The molecule has 0 fully saturated rings. The van der Waals surface area contributed by atoms with Gasteiger partial charge in [0.2, 0.25) is 0 Å². The molecule has 12 heavy (non-hydrogen) atoms. The topological polar surface area (TPSA) is 43.4 Å². The molecule has 2 radical (unpaired) electrons. The van der Waals surface area contributed by atoms with Crippen LogP contribution in [0.1, 0.15) is 5.56 Å². The summed E-state index contributed by atoms with van der Waals surface area (Å²) in [4.78, 5) is 10.6. The molecule has 0 spiro atoms. The molecule has 4 heteroatoms. The van der Waals surface area contributed by atoms with Crippen molar-refractivity contribution in [2.75, 3.05) is 0 Å². The molecule has 0 saturated carbocycles. The summed E-state index contributed by atoms with van der Waals surface area (Å²) in [6.45, 7) is 0. The summed E-state index contributed by atoms with van der Waals surface area (Å²) in [7, 11) is 5.40. The minimum Gasteiger partial charge on any atom is -0.391 e. The maximum absolute atomic E-state index is 10.6. The fourth-order valence-electron chi connectivity index (χ4n) is 1.04. The summed E-state index contributed by atoms with van der Waals surface area (Å²) < 4.78 is 9.44. The maximum atomic E-state index is 10.6. The first-order chi connectivity index (χ1) is 5.79. The van der Waals surface area contributed by atoms with Crippen LogP contribution in [0, 0.1) is 0 Å². The zero-order chi connectivity index (χ0) is 8.55. The predicted octanol–water partition coefficient (Wildman–Crippen LogP) is 1.05. The molecule has 0 unspecified atom stereocenters. The molecule has 0 bridgehead atoms. The Morgan fingerprint density at radius 3 is 2.75 bits per heavy atom. The summed E-state index contributed by atoms with van der Waals surface area (Å²) in [6, 6.07) is 5.16. The van der Waals surface area contributed by atoms with Crippen molar-refractivity contribution in [3.8, 4) is 0 Å². The van der Waals surface area contributed by atoms with Gasteiger partial charge in [-0.3, -0.25) is 0 Å². The monoisotopic (exact) mass is 160 g/mol. The van der Waals surface area contributed by atoms with Gasteiger partial charge in [-0.25, -0.2) is 4.79 Å². The molecule has 0 amide bonds. The van der Waals surface area contributed by atoms with E-state index in [-0.39, 0.29) is 0 Å². The van der Waals surface area contributed by atoms with Crippen LogP contribution in [0.5, 0.6) is 0 Å². The van der Waals surface area contributed by atoms with Gasteiger partial charge in [0.05, 0.1) is 7.85 Å². The van der Waals surface area contributed by atoms with Crippen LogP contribution in [-0.4, -0.2) is 7.85 Å². The Balaban J connectivity index is 2.74. The number of hydrogen-bond donors (Lipinski definition) is 0. The first-order valence-electron chi connectivity index (χ1n) is 3.52. The summed E-state index contributed by atoms with van der Waals surface area (Å²) in [5.41, 5.74) is 1.81. The highest BCUT2D eigenvalue weighted by molar-refractivity contribution is 6.08. The molecule has 0 saturated heterocycles. The molecule has 3 nitrogen and oxygen atoms in total. The molecule has 2 aromatic rings. The van der Waals surface area contributed by atoms with Crippen LogP contribution in [0.2, 0.25) is 0 Å². The predicted molar refractivity (Wildman–Crippen MR) is 44.2 cm³/mol. The summed E-state index contributed by atoms with van der Waals surface area (Å²) in [6.07, 6.45) is 0.421. The average molecular weight is 160 g/mol. The second-order valence-corrected chi connectivity index (χ2v) is 2.44. The van der Waals surface area contributed by atoms with Gasteiger partial charge in [0.1, 0.15) is 0 Å². The lowest BCUT2D eigenvalue weighted by Gasteiger charge is -1.91. The molecule has 0 aliphatic carbocycles. The Hall–Kier alpha value is -1.45. The first kappa shape index (κ1) is 7.22. The number of fused-ring (bicyclic) bond motifs is 1. The van der Waals surface area contributed by atoms with Crippen molar-refractivity contribution in [2.24, 2.45) is 0 Å². The molecule has 1 aromatic heterocycles. The van der Waals surface area contributed by atoms with Gasteiger partial charge in [-0.2, -0.15) is 0 Å². The Labute approximate surface area is 69.4 Å². The van der Waals surface area contributed by atoms with Crippen LogP contribution in [0.4, 0.5) is 0 Å². The van der Waals surface area contributed by atoms with E-state index in [0.29, 0.717) is 17.5 Å². The Morgan fingerprint density at radius 1 is 1.25 bits per heavy atom. The van der Waals surface area contributed by atoms with Crippen molar-refractivity contribution in [3.05, 3.63) is 34.4 Å². The molecular formula is C8H5BO3. The third kappa shape index (κ3) is 1.05. The van der Waals surface area contributed by atoms with Crippen LogP contribution in [-0.2, 0) is 6.32 Å². The SMILES string of the molecule is [B]Cc1ccc2oc(=O)oc2c1. The van der Waals surface area contributed by atoms with Crippen LogP contribution >= 0.6 is 0 Å². The minimum atomic E-state index is -0.681. The minimum absolute atomic E-state index is 0.421. The number of rotatable bonds is 1. The van der Waals surface area contributed by atoms with Crippen LogP contribution in [0.3, 0.4) is 0 Å². The van der Waals surface area contributed by atoms with Crippen molar-refractivity contribution >= 4 is 19.0 Å². The van der Waals surface area contributed by atoms with Crippen molar-refractivity contribution in [3.63, 3.8) is 0 Å². The van der Waals surface area contributed by atoms with Gasteiger partial charge in [0, 0.05) is 0 Å². The lowest BCUT2D eigenvalue weighted by Crippen LogP contribution is -1.84. The molecule has 0 atom stereocenters. The van der Waals surface area contributed by atoms with Crippen molar-refractivity contribution in [1.29, 1.82) is 0 Å². The Kier molecular flexibility index (Phi) is 1.53. The molecule has 0 aliphatic rings. The fraction of sp³-hybridized carbons (Fsp3) is 0.125. The van der Waals surface area contributed by atoms with E-state index < -0.39 is 5.82 Å². The van der Waals surface area contributed by atoms with Crippen LogP contribution in [0.25, 0.3) is 11.2 Å². The van der Waals surface area contributed by atoms with Gasteiger partial charge in [0.25, 0.3) is 0 Å². The van der Waals surface area contributed by atoms with Crippen LogP contribution in [0.15, 0.2) is 31.8 Å². The van der Waals surface area contributed by atoms with Gasteiger partial charge in [-0.05, 0) is 12.1 Å². The van der Waals surface area contributed by atoms with E-state index in [1.165, 1.54) is 0 Å². The number of hydrogen-bond acceptors (Lipinski definition) is 3. The number of benzene rings is 1. The third-order valence-electron chi connectivity index (χ3n) is 1.63. The smallest absolute Gasteiger partial charge is 0.391 e. The standard InChI is InChI=1S/C8H5BO3/c9-4-5-1-2-6-7(3-5)12-8(10)11-6/h1-3H,4H2. The molecule has 1 aromatic carbocycles. The summed E-state index contributed by atoms with van der Waals surface area (Å²) in [5.74, 6) is -0.681. The van der Waals surface area contributed by atoms with Gasteiger partial charge in [0.15, 0.2) is 11.2 Å². The van der Waals surface area contributed by atoms with E-state index in [4.69, 9.17) is 16.7 Å². The molecule has 0 N–H and O–H groups in total. The van der Waals surface area contributed by atoms with Gasteiger partial charge < -0.3 is 8.83 Å². The van der Waals surface area contributed by atoms with Crippen LogP contribution < -0.4 is 5.82 Å². The third-order valence-corrected chi connectivity index (χ3v) is 1.63. The lowest BCUT2D eigenvalue weighted by molar-refractivity contribution is 0.409. The normalized spacial score (nSPS) is 10.7. The zero-order valence-electron chi connectivity index (χ0n) is 6.24. The molecular weight excluding hydrogens is 155 g/mol. The largest absolute Gasteiger partial charge is 0.519 e. The van der Waals surface area contributed by atoms with E-state index in [2.05, 4.69) is 0 Å². The highest BCUT2D eigenvalue weighted by Gasteiger charge is 2.02. The van der Waals surface area contributed by atoms with Crippen molar-refractivity contribution in [2.45, 2.75) is 6.32 Å². The van der Waals surface area contributed by atoms with E-state index in [9.17, 15) is 4.79 Å². The Bertz CT molecular complexity index is 455. The zero-order valence-corrected chi connectivity index (χ0v) is 6.24. The van der Waals surface area contributed by atoms with Gasteiger partial charge >= 0.3 is 5.82 Å². The maximum Gasteiger partial charge on any atom is 0.519 e. The van der Waals surface area contributed by atoms with Crippen molar-refractivity contribution in [1.82, 2.24) is 0 Å². The second-order valence-electron chi connectivity index (χ2n) is 2.44. The van der Waals surface area contributed by atoms with E-state index >= 15 is 0 Å². The Morgan fingerprint density at radius 2 is 2.00 bits per heavy atom. The quantitative estimate of drug-likeness (QED) is 0.585. The lowest BCUT2D eigenvalue weighted by atomic mass is 9.97. The second kappa shape index (κ2) is 2.55. The summed E-state index contributed by atoms with van der Waals surface area (Å²) >= 11 is 0. The van der Waals surface area contributed by atoms with Gasteiger partial charge in [-0.15, -0.1) is 0 Å². The van der Waals surface area contributed by atoms with Gasteiger partial charge in [-0.1, -0.05) is 17.9 Å². The molecule has 0 aliphatic heterocycles. The van der Waals surface area contributed by atoms with Crippen molar-refractivity contribution < 1.29 is 8.83 Å². The summed E-state index contributed by atoms with van der Waals surface area (Å²) in [5, 5.41) is 0. The molecule has 58 valence electrons.